The van der Waals surface area contributed by atoms with Crippen molar-refractivity contribution < 1.29 is 0 Å². The molecule has 0 unspecified atom stereocenters. The summed E-state index contributed by atoms with van der Waals surface area (Å²) in [5.74, 6) is 0. The molecule has 3 rings (SSSR count). The lowest BCUT2D eigenvalue weighted by atomic mass is 9.89. The molecule has 1 N–H and O–H groups in total. The van der Waals surface area contributed by atoms with Gasteiger partial charge in [-0.15, -0.1) is 0 Å². The Morgan fingerprint density at radius 2 is 1.77 bits per heavy atom. The van der Waals surface area contributed by atoms with E-state index in [4.69, 9.17) is 0 Å². The molecule has 13 heavy (non-hydrogen) atoms. The van der Waals surface area contributed by atoms with Gasteiger partial charge in [0.05, 0.1) is 0 Å². The first kappa shape index (κ1) is 7.34. The van der Waals surface area contributed by atoms with Crippen molar-refractivity contribution in [3.63, 3.8) is 0 Å². The summed E-state index contributed by atoms with van der Waals surface area (Å²) in [6.07, 6.45) is 6.09. The molecule has 1 heteroatoms. The lowest BCUT2D eigenvalue weighted by molar-refractivity contribution is 0.635. The Balaban J connectivity index is 2.22. The first-order valence-corrected chi connectivity index (χ1v) is 4.90. The molecule has 2 aliphatic rings. The van der Waals surface area contributed by atoms with Gasteiger partial charge in [-0.2, -0.15) is 0 Å². The third-order valence-corrected chi connectivity index (χ3v) is 3.10. The van der Waals surface area contributed by atoms with E-state index in [0.717, 1.165) is 13.1 Å². The largest absolute Gasteiger partial charge is 0.316 e. The van der Waals surface area contributed by atoms with Crippen LogP contribution in [0.5, 0.6) is 0 Å². The topological polar surface area (TPSA) is 12.0 Å². The van der Waals surface area contributed by atoms with Gasteiger partial charge in [-0.1, -0.05) is 36.4 Å². The van der Waals surface area contributed by atoms with Gasteiger partial charge in [0, 0.05) is 12.0 Å². The van der Waals surface area contributed by atoms with E-state index in [1.807, 2.05) is 0 Å². The predicted octanol–water partition coefficient (Wildman–Crippen LogP) is 0.241. The van der Waals surface area contributed by atoms with E-state index in [-0.39, 0.29) is 0 Å². The van der Waals surface area contributed by atoms with Crippen molar-refractivity contribution in [1.82, 2.24) is 5.32 Å². The monoisotopic (exact) mass is 171 g/mol. The fraction of sp³-hybridized carbons (Fsp3) is 0.333. The van der Waals surface area contributed by atoms with Crippen molar-refractivity contribution in [3.05, 3.63) is 34.7 Å². The van der Waals surface area contributed by atoms with Gasteiger partial charge in [-0.3, -0.25) is 0 Å². The van der Waals surface area contributed by atoms with Crippen molar-refractivity contribution in [2.75, 3.05) is 13.1 Å². The summed E-state index contributed by atoms with van der Waals surface area (Å²) >= 11 is 0. The zero-order valence-corrected chi connectivity index (χ0v) is 7.59. The van der Waals surface area contributed by atoms with E-state index in [0.29, 0.717) is 5.41 Å². The quantitative estimate of drug-likeness (QED) is 0.589. The molecular weight excluding hydrogens is 158 g/mol. The van der Waals surface area contributed by atoms with E-state index < -0.39 is 0 Å². The summed E-state index contributed by atoms with van der Waals surface area (Å²) in [7, 11) is 0. The Kier molecular flexibility index (Phi) is 1.39. The molecular formula is C12H13N. The van der Waals surface area contributed by atoms with Crippen LogP contribution in [0.2, 0.25) is 0 Å². The minimum atomic E-state index is 0.337. The highest BCUT2D eigenvalue weighted by Gasteiger charge is 2.30. The molecule has 0 amide bonds. The molecule has 1 aliphatic carbocycles. The Labute approximate surface area is 77.8 Å². The minimum absolute atomic E-state index is 0.337. The molecule has 66 valence electrons. The number of benzene rings is 1. The SMILES string of the molecule is C1=c2ccccc2=CC12CCNC2. The van der Waals surface area contributed by atoms with Gasteiger partial charge in [0.2, 0.25) is 0 Å². The first-order chi connectivity index (χ1) is 6.38. The highest BCUT2D eigenvalue weighted by atomic mass is 14.9. The number of hydrogen-bond donors (Lipinski definition) is 1. The molecule has 1 saturated heterocycles. The molecule has 1 aromatic carbocycles. The highest BCUT2D eigenvalue weighted by molar-refractivity contribution is 5.58. The standard InChI is InChI=1S/C12H13N/c1-2-4-11-8-12(5-6-13-9-12)7-10(11)3-1/h1-4,7-8,13H,5-6,9H2. The van der Waals surface area contributed by atoms with Crippen molar-refractivity contribution in [2.45, 2.75) is 6.42 Å². The van der Waals surface area contributed by atoms with Crippen LogP contribution in [0.25, 0.3) is 12.2 Å². The van der Waals surface area contributed by atoms with Crippen LogP contribution in [-0.4, -0.2) is 13.1 Å². The average Bonchev–Trinajstić information content (AvgIpc) is 2.72. The summed E-state index contributed by atoms with van der Waals surface area (Å²) < 4.78 is 0. The maximum atomic E-state index is 3.43. The van der Waals surface area contributed by atoms with Crippen LogP contribution in [0.4, 0.5) is 0 Å². The normalized spacial score (nSPS) is 22.5. The molecule has 1 fully saturated rings. The van der Waals surface area contributed by atoms with Crippen LogP contribution >= 0.6 is 0 Å². The Hall–Kier alpha value is -1.08. The predicted molar refractivity (Wildman–Crippen MR) is 54.5 cm³/mol. The fourth-order valence-corrected chi connectivity index (χ4v) is 2.41. The molecule has 1 aromatic rings. The summed E-state index contributed by atoms with van der Waals surface area (Å²) in [5.41, 5.74) is 0.337. The van der Waals surface area contributed by atoms with Crippen LogP contribution in [0, 0.1) is 5.41 Å². The Bertz CT molecular complexity index is 401. The molecule has 1 heterocycles. The smallest absolute Gasteiger partial charge is 0.0216 e. The third kappa shape index (κ3) is 1.04. The molecule has 0 aromatic heterocycles. The van der Waals surface area contributed by atoms with Gasteiger partial charge >= 0.3 is 0 Å². The molecule has 1 spiro atoms. The van der Waals surface area contributed by atoms with E-state index in [9.17, 15) is 0 Å². The number of nitrogens with one attached hydrogen (secondary N) is 1. The number of hydrogen-bond acceptors (Lipinski definition) is 1. The van der Waals surface area contributed by atoms with Crippen molar-refractivity contribution in [3.8, 4) is 0 Å². The molecule has 0 radical (unpaired) electrons. The minimum Gasteiger partial charge on any atom is -0.316 e. The van der Waals surface area contributed by atoms with Crippen LogP contribution in [-0.2, 0) is 0 Å². The van der Waals surface area contributed by atoms with Crippen LogP contribution in [0.3, 0.4) is 0 Å². The third-order valence-electron chi connectivity index (χ3n) is 3.10. The van der Waals surface area contributed by atoms with E-state index in [1.54, 1.807) is 0 Å². The van der Waals surface area contributed by atoms with Crippen molar-refractivity contribution in [2.24, 2.45) is 5.41 Å². The van der Waals surface area contributed by atoms with Gasteiger partial charge in [-0.25, -0.2) is 0 Å². The number of rotatable bonds is 0. The molecule has 0 saturated carbocycles. The van der Waals surface area contributed by atoms with Crippen LogP contribution < -0.4 is 15.8 Å². The van der Waals surface area contributed by atoms with Crippen molar-refractivity contribution >= 4 is 12.2 Å². The molecule has 1 aliphatic heterocycles. The van der Waals surface area contributed by atoms with Gasteiger partial charge in [0.25, 0.3) is 0 Å². The van der Waals surface area contributed by atoms with Gasteiger partial charge in [-0.05, 0) is 23.4 Å². The fourth-order valence-electron chi connectivity index (χ4n) is 2.41. The van der Waals surface area contributed by atoms with Gasteiger partial charge < -0.3 is 5.32 Å². The van der Waals surface area contributed by atoms with Gasteiger partial charge in [0.1, 0.15) is 0 Å². The zero-order valence-electron chi connectivity index (χ0n) is 7.59. The van der Waals surface area contributed by atoms with Crippen LogP contribution in [0.15, 0.2) is 24.3 Å². The van der Waals surface area contributed by atoms with Gasteiger partial charge in [0.15, 0.2) is 0 Å². The molecule has 0 bridgehead atoms. The van der Waals surface area contributed by atoms with E-state index in [2.05, 4.69) is 41.7 Å². The maximum absolute atomic E-state index is 3.43. The second-order valence-electron chi connectivity index (χ2n) is 4.08. The van der Waals surface area contributed by atoms with Crippen molar-refractivity contribution in [1.29, 1.82) is 0 Å². The zero-order chi connectivity index (χ0) is 8.73. The lowest BCUT2D eigenvalue weighted by Gasteiger charge is -2.15. The number of fused-ring (bicyclic) bond motifs is 1. The summed E-state index contributed by atoms with van der Waals surface area (Å²) in [6.45, 7) is 2.27. The maximum Gasteiger partial charge on any atom is 0.0216 e. The Morgan fingerprint density at radius 3 is 2.31 bits per heavy atom. The first-order valence-electron chi connectivity index (χ1n) is 4.90. The molecule has 1 nitrogen and oxygen atoms in total. The second-order valence-corrected chi connectivity index (χ2v) is 4.08. The highest BCUT2D eigenvalue weighted by Crippen LogP contribution is 2.30. The average molecular weight is 171 g/mol. The van der Waals surface area contributed by atoms with E-state index in [1.165, 1.54) is 16.9 Å². The lowest BCUT2D eigenvalue weighted by Crippen LogP contribution is -2.19. The summed E-state index contributed by atoms with van der Waals surface area (Å²) in [4.78, 5) is 0. The Morgan fingerprint density at radius 1 is 1.08 bits per heavy atom. The summed E-state index contributed by atoms with van der Waals surface area (Å²) in [6, 6.07) is 8.65. The molecule has 0 atom stereocenters. The summed E-state index contributed by atoms with van der Waals surface area (Å²) in [5, 5.41) is 6.24. The van der Waals surface area contributed by atoms with Crippen LogP contribution in [0.1, 0.15) is 6.42 Å². The van der Waals surface area contributed by atoms with E-state index >= 15 is 0 Å². The second kappa shape index (κ2) is 2.46.